The van der Waals surface area contributed by atoms with Gasteiger partial charge in [0.2, 0.25) is 10.0 Å². The van der Waals surface area contributed by atoms with Crippen molar-refractivity contribution in [2.24, 2.45) is 0 Å². The highest BCUT2D eigenvalue weighted by molar-refractivity contribution is 7.89. The van der Waals surface area contributed by atoms with E-state index in [0.29, 0.717) is 31.0 Å². The van der Waals surface area contributed by atoms with Crippen molar-refractivity contribution < 1.29 is 13.2 Å². The minimum atomic E-state index is -3.73. The zero-order valence-corrected chi connectivity index (χ0v) is 17.3. The van der Waals surface area contributed by atoms with Gasteiger partial charge in [-0.15, -0.1) is 0 Å². The molecular weight excluding hydrogens is 414 g/mol. The summed E-state index contributed by atoms with van der Waals surface area (Å²) in [4.78, 5) is 17.1. The maximum atomic E-state index is 13.2. The summed E-state index contributed by atoms with van der Waals surface area (Å²) in [6.45, 7) is 0.729. The number of carbonyl (C=O) groups is 1. The van der Waals surface area contributed by atoms with Crippen molar-refractivity contribution in [1.82, 2.24) is 18.9 Å². The second-order valence-electron chi connectivity index (χ2n) is 7.27. The number of carbonyl (C=O) groups excluding carboxylic acids is 1. The van der Waals surface area contributed by atoms with Crippen molar-refractivity contribution in [2.45, 2.75) is 17.9 Å². The molecule has 0 aliphatic carbocycles. The quantitative estimate of drug-likeness (QED) is 0.534. The van der Waals surface area contributed by atoms with Gasteiger partial charge >= 0.3 is 0 Å². The third-order valence-electron chi connectivity index (χ3n) is 5.36. The predicted molar refractivity (Wildman–Crippen MR) is 115 cm³/mol. The lowest BCUT2D eigenvalue weighted by molar-refractivity contribution is 0.102. The summed E-state index contributed by atoms with van der Waals surface area (Å²) in [6.07, 6.45) is 3.82. The molecule has 0 bridgehead atoms. The van der Waals surface area contributed by atoms with Crippen LogP contribution in [-0.2, 0) is 23.0 Å². The Labute approximate surface area is 179 Å². The van der Waals surface area contributed by atoms with Gasteiger partial charge in [0, 0.05) is 30.9 Å². The van der Waals surface area contributed by atoms with Crippen molar-refractivity contribution in [3.05, 3.63) is 89.7 Å². The van der Waals surface area contributed by atoms with E-state index in [2.05, 4.69) is 15.4 Å². The van der Waals surface area contributed by atoms with Crippen molar-refractivity contribution in [3.8, 4) is 0 Å². The molecule has 8 nitrogen and oxygen atoms in total. The van der Waals surface area contributed by atoms with Crippen molar-refractivity contribution >= 4 is 27.4 Å². The van der Waals surface area contributed by atoms with E-state index in [1.807, 2.05) is 24.3 Å². The largest absolute Gasteiger partial charge is 0.306 e. The van der Waals surface area contributed by atoms with Crippen LogP contribution in [0.25, 0.3) is 5.65 Å². The fourth-order valence-corrected chi connectivity index (χ4v) is 5.20. The smallest absolute Gasteiger partial charge is 0.256 e. The first-order chi connectivity index (χ1) is 15.0. The van der Waals surface area contributed by atoms with E-state index in [9.17, 15) is 13.2 Å². The van der Waals surface area contributed by atoms with Gasteiger partial charge in [-0.1, -0.05) is 30.3 Å². The molecule has 1 aliphatic rings. The SMILES string of the molecule is O=C(Nc1ccnc2ccnn12)c1cccc(S(=O)(=O)N2CCc3ccccc3C2)c1. The molecule has 5 rings (SSSR count). The van der Waals surface area contributed by atoms with E-state index in [1.54, 1.807) is 36.7 Å². The Hall–Kier alpha value is -3.56. The van der Waals surface area contributed by atoms with Crippen LogP contribution in [0.4, 0.5) is 5.82 Å². The fourth-order valence-electron chi connectivity index (χ4n) is 3.74. The van der Waals surface area contributed by atoms with Crippen LogP contribution in [0.1, 0.15) is 21.5 Å². The molecule has 1 N–H and O–H groups in total. The van der Waals surface area contributed by atoms with Gasteiger partial charge in [-0.25, -0.2) is 13.4 Å². The number of benzene rings is 2. The van der Waals surface area contributed by atoms with Crippen LogP contribution in [-0.4, -0.2) is 39.8 Å². The van der Waals surface area contributed by atoms with Crippen molar-refractivity contribution in [3.63, 3.8) is 0 Å². The topological polar surface area (TPSA) is 96.7 Å². The van der Waals surface area contributed by atoms with Crippen molar-refractivity contribution in [1.29, 1.82) is 0 Å². The fraction of sp³-hybridized carbons (Fsp3) is 0.136. The summed E-state index contributed by atoms with van der Waals surface area (Å²) in [6, 6.07) is 17.3. The second kappa shape index (κ2) is 7.60. The molecule has 0 fully saturated rings. The summed E-state index contributed by atoms with van der Waals surface area (Å²) in [5.41, 5.74) is 3.02. The maximum Gasteiger partial charge on any atom is 0.256 e. The molecule has 1 aliphatic heterocycles. The first-order valence-electron chi connectivity index (χ1n) is 9.79. The third kappa shape index (κ3) is 3.58. The number of sulfonamides is 1. The van der Waals surface area contributed by atoms with Gasteiger partial charge in [0.05, 0.1) is 11.1 Å². The Kier molecular flexibility index (Phi) is 4.76. The van der Waals surface area contributed by atoms with Crippen LogP contribution in [0.15, 0.2) is 78.0 Å². The lowest BCUT2D eigenvalue weighted by Crippen LogP contribution is -2.36. The highest BCUT2D eigenvalue weighted by Crippen LogP contribution is 2.25. The van der Waals surface area contributed by atoms with Gasteiger partial charge < -0.3 is 5.32 Å². The first kappa shape index (κ1) is 19.4. The molecule has 3 heterocycles. The molecule has 0 spiro atoms. The summed E-state index contributed by atoms with van der Waals surface area (Å²) in [5, 5.41) is 6.91. The van der Waals surface area contributed by atoms with E-state index >= 15 is 0 Å². The van der Waals surface area contributed by atoms with E-state index in [1.165, 1.54) is 26.5 Å². The molecular formula is C22H19N5O3S. The van der Waals surface area contributed by atoms with Gasteiger partial charge in [0.1, 0.15) is 5.82 Å². The number of nitrogens with one attached hydrogen (secondary N) is 1. The summed E-state index contributed by atoms with van der Waals surface area (Å²) >= 11 is 0. The standard InChI is InChI=1S/C22H19N5O3S/c28-22(25-21-8-11-23-20-9-12-24-27(20)21)17-6-3-7-19(14-17)31(29,30)26-13-10-16-4-1-2-5-18(16)15-26/h1-9,11-12,14H,10,13,15H2,(H,25,28). The number of amides is 1. The number of hydrogen-bond acceptors (Lipinski definition) is 5. The van der Waals surface area contributed by atoms with Crippen LogP contribution in [0, 0.1) is 0 Å². The van der Waals surface area contributed by atoms with E-state index in [-0.39, 0.29) is 10.5 Å². The minimum absolute atomic E-state index is 0.0958. The number of rotatable bonds is 4. The number of fused-ring (bicyclic) bond motifs is 2. The zero-order chi connectivity index (χ0) is 21.4. The highest BCUT2D eigenvalue weighted by Gasteiger charge is 2.28. The monoisotopic (exact) mass is 433 g/mol. The molecule has 0 atom stereocenters. The zero-order valence-electron chi connectivity index (χ0n) is 16.5. The average Bonchev–Trinajstić information content (AvgIpc) is 3.29. The molecule has 4 aromatic rings. The summed E-state index contributed by atoms with van der Waals surface area (Å²) < 4.78 is 29.4. The van der Waals surface area contributed by atoms with Crippen LogP contribution < -0.4 is 5.32 Å². The lowest BCUT2D eigenvalue weighted by Gasteiger charge is -2.28. The second-order valence-corrected chi connectivity index (χ2v) is 9.21. The summed E-state index contributed by atoms with van der Waals surface area (Å²) in [7, 11) is -3.73. The number of anilines is 1. The Balaban J connectivity index is 1.41. The van der Waals surface area contributed by atoms with E-state index < -0.39 is 15.9 Å². The van der Waals surface area contributed by atoms with Crippen LogP contribution in [0.5, 0.6) is 0 Å². The molecule has 0 saturated carbocycles. The Bertz CT molecular complexity index is 1400. The Morgan fingerprint density at radius 1 is 0.968 bits per heavy atom. The van der Waals surface area contributed by atoms with E-state index in [0.717, 1.165) is 5.56 Å². The molecule has 156 valence electrons. The Morgan fingerprint density at radius 2 is 1.81 bits per heavy atom. The first-order valence-corrected chi connectivity index (χ1v) is 11.2. The normalized spacial score (nSPS) is 14.3. The summed E-state index contributed by atoms with van der Waals surface area (Å²) in [5.74, 6) is 0.0185. The number of aromatic nitrogens is 3. The van der Waals surface area contributed by atoms with Crippen molar-refractivity contribution in [2.75, 3.05) is 11.9 Å². The molecule has 31 heavy (non-hydrogen) atoms. The van der Waals surface area contributed by atoms with Crippen LogP contribution in [0.2, 0.25) is 0 Å². The predicted octanol–water partition coefficient (Wildman–Crippen LogP) is 2.73. The maximum absolute atomic E-state index is 13.2. The van der Waals surface area contributed by atoms with Gasteiger partial charge in [-0.2, -0.15) is 13.9 Å². The molecule has 2 aromatic carbocycles. The molecule has 2 aromatic heterocycles. The Morgan fingerprint density at radius 3 is 2.68 bits per heavy atom. The highest BCUT2D eigenvalue weighted by atomic mass is 32.2. The molecule has 0 radical (unpaired) electrons. The molecule has 9 heteroatoms. The average molecular weight is 433 g/mol. The lowest BCUT2D eigenvalue weighted by atomic mass is 10.0. The molecule has 1 amide bonds. The molecule has 0 unspecified atom stereocenters. The minimum Gasteiger partial charge on any atom is -0.306 e. The number of nitrogens with zero attached hydrogens (tertiary/aromatic N) is 4. The van der Waals surface area contributed by atoms with Gasteiger partial charge in [-0.3, -0.25) is 4.79 Å². The van der Waals surface area contributed by atoms with Gasteiger partial charge in [0.25, 0.3) is 5.91 Å². The third-order valence-corrected chi connectivity index (χ3v) is 7.20. The molecule has 0 saturated heterocycles. The van der Waals surface area contributed by atoms with E-state index in [4.69, 9.17) is 0 Å². The van der Waals surface area contributed by atoms with Crippen LogP contribution in [0.3, 0.4) is 0 Å². The number of hydrogen-bond donors (Lipinski definition) is 1. The van der Waals surface area contributed by atoms with Gasteiger partial charge in [-0.05, 0) is 41.8 Å². The van der Waals surface area contributed by atoms with Crippen LogP contribution >= 0.6 is 0 Å². The van der Waals surface area contributed by atoms with Gasteiger partial charge in [0.15, 0.2) is 5.65 Å².